The number of aromatic nitrogens is 1. The van der Waals surface area contributed by atoms with Gasteiger partial charge in [0.25, 0.3) is 0 Å². The van der Waals surface area contributed by atoms with Crippen molar-refractivity contribution in [1.82, 2.24) is 4.98 Å². The molecule has 230 valence electrons. The summed E-state index contributed by atoms with van der Waals surface area (Å²) in [6.45, 7) is 14.0. The molecule has 1 aromatic heterocycles. The van der Waals surface area contributed by atoms with Crippen molar-refractivity contribution in [3.63, 3.8) is 0 Å². The number of hydrogen-bond donors (Lipinski definition) is 2. The number of sulfone groups is 1. The minimum atomic E-state index is -4.07. The summed E-state index contributed by atoms with van der Waals surface area (Å²) in [5.41, 5.74) is 2.00. The zero-order valence-corrected chi connectivity index (χ0v) is 27.9. The summed E-state index contributed by atoms with van der Waals surface area (Å²) in [5.74, 6) is 6.58. The molecule has 5 rings (SSSR count). The molecule has 0 atom stereocenters. The number of nitrogens with one attached hydrogen (secondary N) is 1. The third-order valence-corrected chi connectivity index (χ3v) is 9.35. The maximum absolute atomic E-state index is 14.8. The Kier molecular flexibility index (Phi) is 8.44. The molecular weight excluding hydrogens is 575 g/mol. The number of aliphatic hydroxyl groups is 1. The van der Waals surface area contributed by atoms with E-state index in [0.29, 0.717) is 33.3 Å². The van der Waals surface area contributed by atoms with Crippen LogP contribution in [0, 0.1) is 29.6 Å². The lowest BCUT2D eigenvalue weighted by Gasteiger charge is -2.31. The van der Waals surface area contributed by atoms with Crippen molar-refractivity contribution in [2.45, 2.75) is 59.0 Å². The lowest BCUT2D eigenvalue weighted by molar-refractivity contribution is 0.121. The van der Waals surface area contributed by atoms with Crippen molar-refractivity contribution in [1.29, 1.82) is 0 Å². The van der Waals surface area contributed by atoms with Crippen molar-refractivity contribution in [3.8, 4) is 11.8 Å². The number of aryl methyl sites for hydroxylation is 1. The predicted molar refractivity (Wildman–Crippen MR) is 185 cm³/mol. The highest BCUT2D eigenvalue weighted by Crippen LogP contribution is 2.46. The van der Waals surface area contributed by atoms with Crippen LogP contribution in [0.25, 0.3) is 15.8 Å². The van der Waals surface area contributed by atoms with Gasteiger partial charge in [0.2, 0.25) is 9.84 Å². The monoisotopic (exact) mass is 615 g/mol. The summed E-state index contributed by atoms with van der Waals surface area (Å²) in [4.78, 5) is 3.82. The first-order valence-corrected chi connectivity index (χ1v) is 16.7. The molecule has 4 nitrogen and oxygen atoms in total. The zero-order valence-electron chi connectivity index (χ0n) is 27.1. The molecule has 0 aliphatic carbocycles. The van der Waals surface area contributed by atoms with E-state index in [4.69, 9.17) is 0 Å². The molecule has 0 fully saturated rings. The molecule has 0 aliphatic heterocycles. The minimum Gasteiger partial charge on any atom is -0.375 e. The Morgan fingerprint density at radius 2 is 1.33 bits per heavy atom. The Morgan fingerprint density at radius 1 is 0.778 bits per heavy atom. The predicted octanol–water partition coefficient (Wildman–Crippen LogP) is 9.02. The molecule has 0 radical (unpaired) electrons. The van der Waals surface area contributed by atoms with Crippen molar-refractivity contribution >= 4 is 25.6 Å². The summed E-state index contributed by atoms with van der Waals surface area (Å²) >= 11 is 0. The Balaban J connectivity index is 1.96. The third kappa shape index (κ3) is 6.68. The standard InChI is InChI=1S/C40H41NO3S/c1-28-18-21-32(22-19-28)45(43,44)35(27-39(5,6)7)36-33-26-29(24-25-38(2,3)4)20-23-34(33)41-37(36)40(42,30-14-10-8-11-15-30)31-16-12-9-13-17-31/h8-23,26-27,41-42H,1-7H3. The van der Waals surface area contributed by atoms with E-state index in [2.05, 4.69) is 37.6 Å². The fourth-order valence-electron chi connectivity index (χ4n) is 5.39. The van der Waals surface area contributed by atoms with Gasteiger partial charge in [-0.25, -0.2) is 8.42 Å². The molecule has 0 saturated carbocycles. The van der Waals surface area contributed by atoms with Gasteiger partial charge in [0, 0.05) is 27.4 Å². The highest BCUT2D eigenvalue weighted by Gasteiger charge is 2.41. The number of hydrogen-bond acceptors (Lipinski definition) is 3. The van der Waals surface area contributed by atoms with Gasteiger partial charge in [0.15, 0.2) is 5.60 Å². The third-order valence-electron chi connectivity index (χ3n) is 7.56. The summed E-state index contributed by atoms with van der Waals surface area (Å²) in [7, 11) is -4.07. The van der Waals surface area contributed by atoms with Gasteiger partial charge in [0.05, 0.1) is 15.5 Å². The average Bonchev–Trinajstić information content (AvgIpc) is 3.37. The number of H-pyrrole nitrogens is 1. The van der Waals surface area contributed by atoms with Crippen LogP contribution in [0.15, 0.2) is 114 Å². The van der Waals surface area contributed by atoms with Crippen molar-refractivity contribution < 1.29 is 13.5 Å². The fourth-order valence-corrected chi connectivity index (χ4v) is 7.13. The molecule has 0 saturated heterocycles. The lowest BCUT2D eigenvalue weighted by atomic mass is 9.81. The van der Waals surface area contributed by atoms with E-state index in [1.807, 2.05) is 119 Å². The molecular formula is C40H41NO3S. The number of benzene rings is 4. The number of fused-ring (bicyclic) bond motifs is 1. The number of allylic oxidation sites excluding steroid dienone is 1. The Hall–Kier alpha value is -4.37. The Bertz CT molecular complexity index is 1990. The molecule has 0 spiro atoms. The van der Waals surface area contributed by atoms with Crippen LogP contribution in [-0.2, 0) is 15.4 Å². The van der Waals surface area contributed by atoms with E-state index in [-0.39, 0.29) is 15.2 Å². The van der Waals surface area contributed by atoms with Crippen LogP contribution in [0.2, 0.25) is 0 Å². The van der Waals surface area contributed by atoms with E-state index >= 15 is 0 Å². The summed E-state index contributed by atoms with van der Waals surface area (Å²) < 4.78 is 29.5. The maximum Gasteiger partial charge on any atom is 0.206 e. The molecule has 1 heterocycles. The van der Waals surface area contributed by atoms with Crippen LogP contribution < -0.4 is 0 Å². The minimum absolute atomic E-state index is 0.131. The molecule has 2 N–H and O–H groups in total. The first kappa shape index (κ1) is 32.0. The smallest absolute Gasteiger partial charge is 0.206 e. The van der Waals surface area contributed by atoms with Gasteiger partial charge in [-0.1, -0.05) is 117 Å². The van der Waals surface area contributed by atoms with Crippen molar-refractivity contribution in [2.24, 2.45) is 10.8 Å². The van der Waals surface area contributed by atoms with E-state index in [9.17, 15) is 13.5 Å². The lowest BCUT2D eigenvalue weighted by Crippen LogP contribution is -2.31. The molecule has 45 heavy (non-hydrogen) atoms. The van der Waals surface area contributed by atoms with Gasteiger partial charge in [0.1, 0.15) is 0 Å². The van der Waals surface area contributed by atoms with Crippen LogP contribution in [0.5, 0.6) is 0 Å². The van der Waals surface area contributed by atoms with Gasteiger partial charge < -0.3 is 10.1 Å². The van der Waals surface area contributed by atoms with Crippen LogP contribution in [0.1, 0.15) is 75.1 Å². The largest absolute Gasteiger partial charge is 0.375 e. The first-order valence-electron chi connectivity index (χ1n) is 15.2. The topological polar surface area (TPSA) is 70.2 Å². The van der Waals surface area contributed by atoms with Gasteiger partial charge in [-0.2, -0.15) is 0 Å². The van der Waals surface area contributed by atoms with Crippen LogP contribution in [0.4, 0.5) is 0 Å². The Morgan fingerprint density at radius 3 is 1.84 bits per heavy atom. The molecule has 0 amide bonds. The van der Waals surface area contributed by atoms with E-state index < -0.39 is 20.9 Å². The van der Waals surface area contributed by atoms with Gasteiger partial charge in [-0.05, 0) is 74.6 Å². The average molecular weight is 616 g/mol. The maximum atomic E-state index is 14.8. The SMILES string of the molecule is Cc1ccc(S(=O)(=O)C(=CC(C)(C)C)c2c(C(O)(c3ccccc3)c3ccccc3)[nH]c3ccc(C#CC(C)(C)C)cc23)cc1. The molecule has 5 aromatic rings. The van der Waals surface area contributed by atoms with Crippen LogP contribution in [0.3, 0.4) is 0 Å². The molecule has 4 aromatic carbocycles. The highest BCUT2D eigenvalue weighted by atomic mass is 32.2. The second-order valence-electron chi connectivity index (χ2n) is 13.8. The second-order valence-corrected chi connectivity index (χ2v) is 15.7. The van der Waals surface area contributed by atoms with Gasteiger partial charge >= 0.3 is 0 Å². The first-order chi connectivity index (χ1) is 21.1. The molecule has 0 aliphatic rings. The van der Waals surface area contributed by atoms with Crippen molar-refractivity contribution in [3.05, 3.63) is 143 Å². The molecule has 0 unspecified atom stereocenters. The quantitative estimate of drug-likeness (QED) is 0.187. The van der Waals surface area contributed by atoms with Crippen LogP contribution in [-0.4, -0.2) is 18.5 Å². The molecule has 0 bridgehead atoms. The zero-order chi connectivity index (χ0) is 32.6. The van der Waals surface area contributed by atoms with E-state index in [1.165, 1.54) is 0 Å². The highest BCUT2D eigenvalue weighted by molar-refractivity contribution is 8.00. The fraction of sp³-hybridized carbons (Fsp3) is 0.250. The Labute approximate surface area is 267 Å². The van der Waals surface area contributed by atoms with Gasteiger partial charge in [-0.3, -0.25) is 0 Å². The van der Waals surface area contributed by atoms with Gasteiger partial charge in [-0.15, -0.1) is 0 Å². The van der Waals surface area contributed by atoms with Crippen molar-refractivity contribution in [2.75, 3.05) is 0 Å². The van der Waals surface area contributed by atoms with E-state index in [0.717, 1.165) is 11.1 Å². The summed E-state index contributed by atoms with van der Waals surface area (Å²) in [6, 6.07) is 31.4. The normalized spacial score (nSPS) is 13.0. The van der Waals surface area contributed by atoms with Crippen LogP contribution >= 0.6 is 0 Å². The summed E-state index contributed by atoms with van der Waals surface area (Å²) in [6.07, 6.45) is 1.80. The number of rotatable bonds is 6. The second kappa shape index (κ2) is 11.9. The number of aromatic amines is 1. The summed E-state index contributed by atoms with van der Waals surface area (Å²) in [5, 5.41) is 13.7. The van der Waals surface area contributed by atoms with E-state index in [1.54, 1.807) is 18.2 Å². The molecule has 5 heteroatoms.